The molecule has 0 aromatic heterocycles. The highest BCUT2D eigenvalue weighted by atomic mass is 19.2. The average Bonchev–Trinajstić information content (AvgIpc) is 2.69. The molecule has 0 saturated carbocycles. The lowest BCUT2D eigenvalue weighted by Crippen LogP contribution is -2.63. The van der Waals surface area contributed by atoms with E-state index in [2.05, 4.69) is 10.7 Å². The standard InChI is InChI=1S/C20H28F2O7/c1-7-9-10-15(24)28-17(14(8-2)27-13(5)23)16-11(3)12(4)18(21)20(22,29-16)19(25)26-6/h1,11-12,14,16-18H,8-10H2,2-6H3/t11?,12?,14-,16?,17-,18?,20?/m1/s1. The molecule has 0 bridgehead atoms. The van der Waals surface area contributed by atoms with Gasteiger partial charge in [-0.25, -0.2) is 9.18 Å². The normalized spacial score (nSPS) is 31.1. The van der Waals surface area contributed by atoms with Gasteiger partial charge in [0, 0.05) is 13.3 Å². The summed E-state index contributed by atoms with van der Waals surface area (Å²) >= 11 is 0. The Balaban J connectivity index is 3.31. The lowest BCUT2D eigenvalue weighted by Gasteiger charge is -2.46. The summed E-state index contributed by atoms with van der Waals surface area (Å²) in [6.07, 6.45) is -0.524. The number of rotatable bonds is 8. The highest BCUT2D eigenvalue weighted by molar-refractivity contribution is 5.78. The molecule has 1 heterocycles. The molecule has 1 rings (SSSR count). The fourth-order valence-electron chi connectivity index (χ4n) is 3.28. The largest absolute Gasteiger partial charge is 0.465 e. The van der Waals surface area contributed by atoms with Gasteiger partial charge < -0.3 is 18.9 Å². The molecule has 0 N–H and O–H groups in total. The maximum Gasteiger partial charge on any atom is 0.375 e. The molecular weight excluding hydrogens is 390 g/mol. The molecule has 7 nitrogen and oxygen atoms in total. The molecule has 1 fully saturated rings. The Hall–Kier alpha value is -2.21. The molecular formula is C20H28F2O7. The minimum absolute atomic E-state index is 0.106. The summed E-state index contributed by atoms with van der Waals surface area (Å²) in [5, 5.41) is 0. The van der Waals surface area contributed by atoms with Crippen LogP contribution in [-0.2, 0) is 33.3 Å². The van der Waals surface area contributed by atoms with Crippen molar-refractivity contribution in [3.8, 4) is 12.3 Å². The minimum Gasteiger partial charge on any atom is -0.465 e. The summed E-state index contributed by atoms with van der Waals surface area (Å²) in [7, 11) is 0.905. The summed E-state index contributed by atoms with van der Waals surface area (Å²) in [5.41, 5.74) is 0. The first-order valence-electron chi connectivity index (χ1n) is 9.42. The van der Waals surface area contributed by atoms with Crippen molar-refractivity contribution in [2.24, 2.45) is 11.8 Å². The third-order valence-electron chi connectivity index (χ3n) is 5.09. The third-order valence-corrected chi connectivity index (χ3v) is 5.09. The first-order chi connectivity index (χ1) is 13.5. The monoisotopic (exact) mass is 418 g/mol. The van der Waals surface area contributed by atoms with Crippen molar-refractivity contribution in [3.63, 3.8) is 0 Å². The van der Waals surface area contributed by atoms with Crippen molar-refractivity contribution < 1.29 is 42.1 Å². The Morgan fingerprint density at radius 3 is 2.34 bits per heavy atom. The van der Waals surface area contributed by atoms with Crippen LogP contribution in [0.3, 0.4) is 0 Å². The van der Waals surface area contributed by atoms with Crippen LogP contribution in [0.15, 0.2) is 0 Å². The van der Waals surface area contributed by atoms with Crippen LogP contribution in [0, 0.1) is 24.2 Å². The molecule has 164 valence electrons. The van der Waals surface area contributed by atoms with Gasteiger partial charge in [0.05, 0.1) is 13.5 Å². The Kier molecular flexibility index (Phi) is 9.02. The Bertz CT molecular complexity index is 647. The molecule has 29 heavy (non-hydrogen) atoms. The fourth-order valence-corrected chi connectivity index (χ4v) is 3.28. The molecule has 0 aromatic rings. The molecule has 0 radical (unpaired) electrons. The third kappa shape index (κ3) is 5.66. The second kappa shape index (κ2) is 10.5. The second-order valence-electron chi connectivity index (χ2n) is 7.05. The average molecular weight is 418 g/mol. The number of alkyl halides is 2. The van der Waals surface area contributed by atoms with Crippen LogP contribution < -0.4 is 0 Å². The number of hydrogen-bond acceptors (Lipinski definition) is 7. The first-order valence-corrected chi connectivity index (χ1v) is 9.42. The van der Waals surface area contributed by atoms with E-state index in [-0.39, 0.29) is 19.3 Å². The van der Waals surface area contributed by atoms with E-state index in [1.807, 2.05) is 0 Å². The van der Waals surface area contributed by atoms with Gasteiger partial charge in [-0.2, -0.15) is 4.39 Å². The van der Waals surface area contributed by atoms with E-state index in [9.17, 15) is 18.8 Å². The van der Waals surface area contributed by atoms with Gasteiger partial charge in [0.15, 0.2) is 12.3 Å². The zero-order valence-electron chi connectivity index (χ0n) is 17.3. The summed E-state index contributed by atoms with van der Waals surface area (Å²) in [6.45, 7) is 5.81. The van der Waals surface area contributed by atoms with Gasteiger partial charge in [-0.05, 0) is 18.3 Å². The number of carbonyl (C=O) groups is 3. The molecule has 5 unspecified atom stereocenters. The van der Waals surface area contributed by atoms with Gasteiger partial charge in [0.1, 0.15) is 12.2 Å². The zero-order chi connectivity index (χ0) is 22.4. The second-order valence-corrected chi connectivity index (χ2v) is 7.05. The highest BCUT2D eigenvalue weighted by Crippen LogP contribution is 2.43. The molecule has 9 heteroatoms. The van der Waals surface area contributed by atoms with Crippen molar-refractivity contribution in [1.82, 2.24) is 0 Å². The van der Waals surface area contributed by atoms with E-state index in [1.54, 1.807) is 13.8 Å². The Morgan fingerprint density at radius 1 is 1.24 bits per heavy atom. The van der Waals surface area contributed by atoms with E-state index in [1.165, 1.54) is 13.8 Å². The van der Waals surface area contributed by atoms with Crippen LogP contribution in [-0.4, -0.2) is 55.4 Å². The van der Waals surface area contributed by atoms with Gasteiger partial charge in [0.2, 0.25) is 0 Å². The Labute approximate surface area is 169 Å². The molecule has 0 amide bonds. The number of esters is 3. The molecule has 1 aliphatic rings. The van der Waals surface area contributed by atoms with Crippen LogP contribution in [0.25, 0.3) is 0 Å². The predicted molar refractivity (Wildman–Crippen MR) is 97.7 cm³/mol. The number of halogens is 2. The number of ether oxygens (including phenoxy) is 4. The SMILES string of the molecule is C#CCCC(=O)O[C@@H](C1OC(F)(C(=O)OC)C(F)C(C)C1C)[C@@H](CC)OC(C)=O. The zero-order valence-corrected chi connectivity index (χ0v) is 17.3. The summed E-state index contributed by atoms with van der Waals surface area (Å²) in [5.74, 6) is -5.67. The van der Waals surface area contributed by atoms with Crippen LogP contribution in [0.2, 0.25) is 0 Å². The van der Waals surface area contributed by atoms with Crippen molar-refractivity contribution in [2.45, 2.75) is 77.3 Å². The van der Waals surface area contributed by atoms with E-state index in [0.717, 1.165) is 7.11 Å². The molecule has 7 atom stereocenters. The molecule has 0 aromatic carbocycles. The summed E-state index contributed by atoms with van der Waals surface area (Å²) in [6, 6.07) is 0. The maximum absolute atomic E-state index is 15.2. The highest BCUT2D eigenvalue weighted by Gasteiger charge is 2.61. The topological polar surface area (TPSA) is 88.1 Å². The molecule has 1 aliphatic heterocycles. The first kappa shape index (κ1) is 24.8. The summed E-state index contributed by atoms with van der Waals surface area (Å²) < 4.78 is 50.1. The smallest absolute Gasteiger partial charge is 0.375 e. The van der Waals surface area contributed by atoms with Gasteiger partial charge in [0.25, 0.3) is 0 Å². The molecule has 0 aliphatic carbocycles. The van der Waals surface area contributed by atoms with Gasteiger partial charge in [-0.3, -0.25) is 9.59 Å². The lowest BCUT2D eigenvalue weighted by atomic mass is 9.78. The number of methoxy groups -OCH3 is 1. The van der Waals surface area contributed by atoms with Crippen molar-refractivity contribution in [2.75, 3.05) is 7.11 Å². The lowest BCUT2D eigenvalue weighted by molar-refractivity contribution is -0.293. The van der Waals surface area contributed by atoms with Crippen molar-refractivity contribution >= 4 is 17.9 Å². The van der Waals surface area contributed by atoms with Gasteiger partial charge in [-0.15, -0.1) is 12.3 Å². The molecule has 0 spiro atoms. The van der Waals surface area contributed by atoms with Crippen LogP contribution in [0.4, 0.5) is 8.78 Å². The Morgan fingerprint density at radius 2 is 1.86 bits per heavy atom. The van der Waals surface area contributed by atoms with Crippen molar-refractivity contribution in [1.29, 1.82) is 0 Å². The van der Waals surface area contributed by atoms with Gasteiger partial charge in [-0.1, -0.05) is 20.8 Å². The number of hydrogen-bond donors (Lipinski definition) is 0. The van der Waals surface area contributed by atoms with E-state index < -0.39 is 60.1 Å². The minimum atomic E-state index is -3.39. The maximum atomic E-state index is 15.2. The summed E-state index contributed by atoms with van der Waals surface area (Å²) in [4.78, 5) is 35.6. The fraction of sp³-hybridized carbons (Fsp3) is 0.750. The number of carbonyl (C=O) groups excluding carboxylic acids is 3. The van der Waals surface area contributed by atoms with Gasteiger partial charge >= 0.3 is 23.8 Å². The predicted octanol–water partition coefficient (Wildman–Crippen LogP) is 2.50. The van der Waals surface area contributed by atoms with Crippen molar-refractivity contribution in [3.05, 3.63) is 0 Å². The number of terminal acetylenes is 1. The van der Waals surface area contributed by atoms with Crippen LogP contribution in [0.5, 0.6) is 0 Å². The quantitative estimate of drug-likeness (QED) is 0.340. The van der Waals surface area contributed by atoms with Crippen LogP contribution in [0.1, 0.15) is 47.0 Å². The van der Waals surface area contributed by atoms with E-state index >= 15 is 4.39 Å². The molecule has 1 saturated heterocycles. The van der Waals surface area contributed by atoms with Crippen LogP contribution >= 0.6 is 0 Å². The van der Waals surface area contributed by atoms with E-state index in [0.29, 0.717) is 0 Å². The van der Waals surface area contributed by atoms with E-state index in [4.69, 9.17) is 20.6 Å².